The third-order valence-electron chi connectivity index (χ3n) is 6.24. The Balaban J connectivity index is 1.36. The first-order valence-electron chi connectivity index (χ1n) is 9.09. The Kier molecular flexibility index (Phi) is 4.45. The van der Waals surface area contributed by atoms with Crippen molar-refractivity contribution in [1.29, 1.82) is 0 Å². The van der Waals surface area contributed by atoms with Crippen LogP contribution in [0.3, 0.4) is 0 Å². The van der Waals surface area contributed by atoms with Crippen LogP contribution in [0.4, 0.5) is 8.78 Å². The number of carbonyl (C=O) groups excluding carboxylic acids is 2. The van der Waals surface area contributed by atoms with Crippen LogP contribution in [0.5, 0.6) is 0 Å². The second-order valence-electron chi connectivity index (χ2n) is 8.50. The van der Waals surface area contributed by atoms with E-state index in [0.29, 0.717) is 18.3 Å². The van der Waals surface area contributed by atoms with Crippen LogP contribution in [0, 0.1) is 28.9 Å². The quantitative estimate of drug-likeness (QED) is 0.385. The van der Waals surface area contributed by atoms with Gasteiger partial charge in [-0.25, -0.2) is 8.78 Å². The number of Topliss-reactive ketones (excluding diaryl/α,β-unsaturated/α-hetero) is 1. The highest BCUT2D eigenvalue weighted by atomic mass is 79.9. The molecule has 4 fully saturated rings. The van der Waals surface area contributed by atoms with Crippen molar-refractivity contribution < 1.29 is 23.1 Å². The first-order valence-corrected chi connectivity index (χ1v) is 9.88. The molecule has 1 aromatic carbocycles. The largest absolute Gasteiger partial charge is 0.457 e. The normalized spacial score (nSPS) is 34.7. The third-order valence-corrected chi connectivity index (χ3v) is 7.16. The van der Waals surface area contributed by atoms with Crippen molar-refractivity contribution in [3.05, 3.63) is 35.4 Å². The number of ketones is 1. The minimum atomic E-state index is -1.08. The highest BCUT2D eigenvalue weighted by Crippen LogP contribution is 2.65. The highest BCUT2D eigenvalue weighted by Gasteiger charge is 2.57. The molecule has 0 amide bonds. The molecule has 4 saturated carbocycles. The second kappa shape index (κ2) is 6.39. The maximum atomic E-state index is 13.2. The van der Waals surface area contributed by atoms with Crippen LogP contribution in [-0.2, 0) is 9.53 Å². The highest BCUT2D eigenvalue weighted by molar-refractivity contribution is 9.10. The maximum Gasteiger partial charge on any atom is 0.306 e. The van der Waals surface area contributed by atoms with Gasteiger partial charge < -0.3 is 4.74 Å². The molecule has 0 aliphatic heterocycles. The number of alkyl halides is 1. The summed E-state index contributed by atoms with van der Waals surface area (Å²) in [5, 5.41) is 0. The summed E-state index contributed by atoms with van der Waals surface area (Å²) in [7, 11) is 0. The van der Waals surface area contributed by atoms with Gasteiger partial charge in [0.25, 0.3) is 0 Å². The van der Waals surface area contributed by atoms with E-state index in [1.807, 2.05) is 0 Å². The van der Waals surface area contributed by atoms with Crippen molar-refractivity contribution in [2.75, 3.05) is 6.61 Å². The van der Waals surface area contributed by atoms with E-state index in [1.54, 1.807) is 0 Å². The molecule has 4 aliphatic carbocycles. The van der Waals surface area contributed by atoms with Crippen molar-refractivity contribution in [2.45, 2.75) is 49.3 Å². The zero-order chi connectivity index (χ0) is 18.5. The third kappa shape index (κ3) is 3.45. The van der Waals surface area contributed by atoms with E-state index in [9.17, 15) is 18.4 Å². The van der Waals surface area contributed by atoms with E-state index in [0.717, 1.165) is 31.4 Å². The second-order valence-corrected chi connectivity index (χ2v) is 10.2. The molecule has 0 unspecified atom stereocenters. The van der Waals surface area contributed by atoms with Gasteiger partial charge in [-0.05, 0) is 74.0 Å². The van der Waals surface area contributed by atoms with Crippen LogP contribution >= 0.6 is 15.9 Å². The van der Waals surface area contributed by atoms with Gasteiger partial charge in [0.15, 0.2) is 24.0 Å². The number of hydrogen-bond acceptors (Lipinski definition) is 3. The van der Waals surface area contributed by atoms with Crippen LogP contribution in [0.15, 0.2) is 18.2 Å². The van der Waals surface area contributed by atoms with E-state index in [-0.39, 0.29) is 21.3 Å². The lowest BCUT2D eigenvalue weighted by Crippen LogP contribution is -2.53. The van der Waals surface area contributed by atoms with Crippen molar-refractivity contribution in [3.63, 3.8) is 0 Å². The van der Waals surface area contributed by atoms with Crippen LogP contribution in [-0.4, -0.2) is 22.7 Å². The number of rotatable bonds is 5. The molecule has 1 aromatic rings. The Labute approximate surface area is 159 Å². The zero-order valence-corrected chi connectivity index (χ0v) is 16.0. The maximum absolute atomic E-state index is 13.2. The molecule has 0 N–H and O–H groups in total. The summed E-state index contributed by atoms with van der Waals surface area (Å²) in [5.41, 5.74) is -0.0127. The summed E-state index contributed by atoms with van der Waals surface area (Å²) >= 11 is 3.92. The molecule has 140 valence electrons. The molecule has 4 bridgehead atoms. The standard InChI is InChI=1S/C20H21BrF2O3/c21-20-7-12-3-13(8-20)6-19(5-12,11-20)9-18(25)26-10-17(24)14-1-2-15(22)16(23)4-14/h1-2,4,12-13H,3,5-11H2/t12-,13-,19?,20?/m1/s1. The van der Waals surface area contributed by atoms with Gasteiger partial charge in [0.1, 0.15) is 0 Å². The lowest BCUT2D eigenvalue weighted by atomic mass is 9.49. The average Bonchev–Trinajstić information content (AvgIpc) is 2.52. The molecule has 2 atom stereocenters. The molecule has 0 aromatic heterocycles. The van der Waals surface area contributed by atoms with Crippen LogP contribution < -0.4 is 0 Å². The topological polar surface area (TPSA) is 43.4 Å². The lowest BCUT2D eigenvalue weighted by Gasteiger charge is -2.60. The van der Waals surface area contributed by atoms with Gasteiger partial charge >= 0.3 is 5.97 Å². The summed E-state index contributed by atoms with van der Waals surface area (Å²) < 4.78 is 31.5. The Bertz CT molecular complexity index is 749. The van der Waals surface area contributed by atoms with Crippen molar-refractivity contribution >= 4 is 27.7 Å². The summed E-state index contributed by atoms with van der Waals surface area (Å²) in [6.07, 6.45) is 7.08. The fourth-order valence-electron chi connectivity index (χ4n) is 5.80. The molecule has 0 radical (unpaired) electrons. The molecule has 0 heterocycles. The number of benzene rings is 1. The number of ether oxygens (including phenoxy) is 1. The molecule has 26 heavy (non-hydrogen) atoms. The van der Waals surface area contributed by atoms with Crippen LogP contribution in [0.2, 0.25) is 0 Å². The van der Waals surface area contributed by atoms with Gasteiger partial charge in [-0.1, -0.05) is 15.9 Å². The van der Waals surface area contributed by atoms with E-state index in [4.69, 9.17) is 4.74 Å². The molecule has 4 aliphatic rings. The first kappa shape index (κ1) is 18.1. The van der Waals surface area contributed by atoms with Crippen LogP contribution in [0.1, 0.15) is 55.3 Å². The number of carbonyl (C=O) groups is 2. The van der Waals surface area contributed by atoms with Gasteiger partial charge in [-0.15, -0.1) is 0 Å². The van der Waals surface area contributed by atoms with E-state index >= 15 is 0 Å². The van der Waals surface area contributed by atoms with E-state index in [1.165, 1.54) is 25.3 Å². The zero-order valence-electron chi connectivity index (χ0n) is 14.4. The predicted octanol–water partition coefficient (Wildman–Crippen LogP) is 4.81. The number of hydrogen-bond donors (Lipinski definition) is 0. The first-order chi connectivity index (χ1) is 12.3. The number of esters is 1. The Morgan fingerprint density at radius 2 is 1.81 bits per heavy atom. The molecule has 0 saturated heterocycles. The monoisotopic (exact) mass is 426 g/mol. The lowest BCUT2D eigenvalue weighted by molar-refractivity contribution is -0.149. The Morgan fingerprint density at radius 3 is 2.42 bits per heavy atom. The molecule has 0 spiro atoms. The molecule has 5 rings (SSSR count). The van der Waals surface area contributed by atoms with Crippen LogP contribution in [0.25, 0.3) is 0 Å². The molecular formula is C20H21BrF2O3. The predicted molar refractivity (Wildman–Crippen MR) is 95.0 cm³/mol. The Hall–Kier alpha value is -1.30. The summed E-state index contributed by atoms with van der Waals surface area (Å²) in [4.78, 5) is 24.4. The van der Waals surface area contributed by atoms with Gasteiger partial charge in [-0.2, -0.15) is 0 Å². The van der Waals surface area contributed by atoms with Gasteiger partial charge in [0.05, 0.1) is 6.42 Å². The van der Waals surface area contributed by atoms with Crippen molar-refractivity contribution in [1.82, 2.24) is 0 Å². The summed E-state index contributed by atoms with van der Waals surface area (Å²) in [6.45, 7) is -0.438. The fourth-order valence-corrected chi connectivity index (χ4v) is 7.31. The molecule has 3 nitrogen and oxygen atoms in total. The fraction of sp³-hybridized carbons (Fsp3) is 0.600. The summed E-state index contributed by atoms with van der Waals surface area (Å²) in [6, 6.07) is 2.93. The number of halogens is 3. The van der Waals surface area contributed by atoms with E-state index < -0.39 is 24.0 Å². The van der Waals surface area contributed by atoms with Crippen molar-refractivity contribution in [2.24, 2.45) is 17.3 Å². The van der Waals surface area contributed by atoms with E-state index in [2.05, 4.69) is 15.9 Å². The molecule has 6 heteroatoms. The summed E-state index contributed by atoms with van der Waals surface area (Å²) in [5.74, 6) is -1.65. The smallest absolute Gasteiger partial charge is 0.306 e. The average molecular weight is 427 g/mol. The molecular weight excluding hydrogens is 406 g/mol. The van der Waals surface area contributed by atoms with Gasteiger partial charge in [0.2, 0.25) is 0 Å². The minimum absolute atomic E-state index is 0.00548. The van der Waals surface area contributed by atoms with Crippen molar-refractivity contribution in [3.8, 4) is 0 Å². The van der Waals surface area contributed by atoms with Gasteiger partial charge in [0, 0.05) is 9.89 Å². The van der Waals surface area contributed by atoms with Gasteiger partial charge in [-0.3, -0.25) is 9.59 Å². The SMILES string of the molecule is O=C(CC12C[C@H]3C[C@@H](CC(Br)(C3)C1)C2)OCC(=O)c1ccc(F)c(F)c1. The minimum Gasteiger partial charge on any atom is -0.457 e. The Morgan fingerprint density at radius 1 is 1.12 bits per heavy atom.